The van der Waals surface area contributed by atoms with Gasteiger partial charge >= 0.3 is 0 Å². The number of carbonyl (C=O) groups excluding carboxylic acids is 1. The second kappa shape index (κ2) is 8.04. The van der Waals surface area contributed by atoms with E-state index in [9.17, 15) is 4.79 Å². The molecule has 2 heterocycles. The average molecular weight is 355 g/mol. The van der Waals surface area contributed by atoms with Crippen molar-refractivity contribution in [2.75, 3.05) is 20.6 Å². The lowest BCUT2D eigenvalue weighted by Crippen LogP contribution is -2.38. The van der Waals surface area contributed by atoms with E-state index in [0.717, 1.165) is 38.1 Å². The fourth-order valence-electron chi connectivity index (χ4n) is 3.54. The lowest BCUT2D eigenvalue weighted by molar-refractivity contribution is 0.0601. The molecule has 0 unspecified atom stereocenters. The average Bonchev–Trinajstić information content (AvgIpc) is 3.12. The molecule has 1 fully saturated rings. The van der Waals surface area contributed by atoms with Crippen molar-refractivity contribution in [2.45, 2.75) is 51.6 Å². The summed E-state index contributed by atoms with van der Waals surface area (Å²) in [6, 6.07) is 10.6. The van der Waals surface area contributed by atoms with E-state index in [1.54, 1.807) is 6.07 Å². The van der Waals surface area contributed by atoms with E-state index in [2.05, 4.69) is 48.4 Å². The van der Waals surface area contributed by atoms with E-state index < -0.39 is 0 Å². The van der Waals surface area contributed by atoms with Gasteiger partial charge in [-0.2, -0.15) is 0 Å². The molecule has 1 saturated heterocycles. The van der Waals surface area contributed by atoms with Crippen molar-refractivity contribution in [1.29, 1.82) is 0 Å². The van der Waals surface area contributed by atoms with Crippen LogP contribution in [-0.4, -0.2) is 41.5 Å². The van der Waals surface area contributed by atoms with Gasteiger partial charge < -0.3 is 14.3 Å². The maximum absolute atomic E-state index is 13.0. The van der Waals surface area contributed by atoms with Crippen LogP contribution in [0.1, 0.15) is 72.4 Å². The Morgan fingerprint density at radius 1 is 1.27 bits per heavy atom. The highest BCUT2D eigenvalue weighted by Crippen LogP contribution is 2.32. The molecule has 0 N–H and O–H groups in total. The first-order chi connectivity index (χ1) is 12.5. The van der Waals surface area contributed by atoms with Crippen molar-refractivity contribution >= 4 is 5.91 Å². The van der Waals surface area contributed by atoms with Gasteiger partial charge in [-0.15, -0.1) is 0 Å². The molecule has 1 atom stereocenters. The zero-order valence-electron chi connectivity index (χ0n) is 16.2. The molecule has 3 rings (SSSR count). The molecule has 1 amide bonds. The zero-order chi connectivity index (χ0) is 18.7. The Balaban J connectivity index is 1.79. The van der Waals surface area contributed by atoms with Crippen LogP contribution in [0.2, 0.25) is 0 Å². The summed E-state index contributed by atoms with van der Waals surface area (Å²) >= 11 is 0. The standard InChI is InChI=1S/C21H29N3O2/c1-15(2)20-13-18(22-26-20)21(25)24-12-6-5-7-19(24)17-10-8-16(9-11-17)14-23(3)4/h8-11,13,15,19H,5-7,12,14H2,1-4H3/t19-/m1/s1. The number of rotatable bonds is 5. The normalized spacial score (nSPS) is 17.9. The van der Waals surface area contributed by atoms with E-state index in [0.29, 0.717) is 5.69 Å². The Kier molecular flexibility index (Phi) is 5.77. The predicted molar refractivity (Wildman–Crippen MR) is 102 cm³/mol. The van der Waals surface area contributed by atoms with E-state index in [-0.39, 0.29) is 17.9 Å². The summed E-state index contributed by atoms with van der Waals surface area (Å²) in [4.78, 5) is 17.1. The van der Waals surface area contributed by atoms with Crippen molar-refractivity contribution in [3.8, 4) is 0 Å². The first-order valence-corrected chi connectivity index (χ1v) is 9.47. The predicted octanol–water partition coefficient (Wildman–Crippen LogP) is 4.23. The minimum absolute atomic E-state index is 0.0253. The molecule has 5 heteroatoms. The highest BCUT2D eigenvalue weighted by atomic mass is 16.5. The van der Waals surface area contributed by atoms with E-state index >= 15 is 0 Å². The van der Waals surface area contributed by atoms with Gasteiger partial charge in [-0.3, -0.25) is 4.79 Å². The van der Waals surface area contributed by atoms with Crippen molar-refractivity contribution in [2.24, 2.45) is 0 Å². The summed E-state index contributed by atoms with van der Waals surface area (Å²) in [6.45, 7) is 5.76. The molecule has 1 aliphatic heterocycles. The third-order valence-corrected chi connectivity index (χ3v) is 4.94. The lowest BCUT2D eigenvalue weighted by atomic mass is 9.94. The third kappa shape index (κ3) is 4.15. The Morgan fingerprint density at radius 2 is 2.00 bits per heavy atom. The van der Waals surface area contributed by atoms with Gasteiger partial charge in [0.1, 0.15) is 5.76 Å². The van der Waals surface area contributed by atoms with Gasteiger partial charge in [-0.1, -0.05) is 43.3 Å². The highest BCUT2D eigenvalue weighted by molar-refractivity contribution is 5.92. The molecule has 2 aromatic rings. The number of likely N-dealkylation sites (tertiary alicyclic amines) is 1. The minimum atomic E-state index is -0.0253. The number of aromatic nitrogens is 1. The number of carbonyl (C=O) groups is 1. The topological polar surface area (TPSA) is 49.6 Å². The molecule has 1 aromatic carbocycles. The van der Waals surface area contributed by atoms with E-state index in [4.69, 9.17) is 4.52 Å². The number of hydrogen-bond acceptors (Lipinski definition) is 4. The zero-order valence-corrected chi connectivity index (χ0v) is 16.2. The number of nitrogens with zero attached hydrogens (tertiary/aromatic N) is 3. The fraction of sp³-hybridized carbons (Fsp3) is 0.524. The SMILES string of the molecule is CC(C)c1cc(C(=O)N2CCCC[C@@H]2c2ccc(CN(C)C)cc2)no1. The molecule has 1 aromatic heterocycles. The highest BCUT2D eigenvalue weighted by Gasteiger charge is 2.30. The van der Waals surface area contributed by atoms with Crippen LogP contribution in [0.15, 0.2) is 34.9 Å². The van der Waals surface area contributed by atoms with Crippen LogP contribution in [0.25, 0.3) is 0 Å². The quantitative estimate of drug-likeness (QED) is 0.805. The Morgan fingerprint density at radius 3 is 2.62 bits per heavy atom. The summed E-state index contributed by atoms with van der Waals surface area (Å²) in [7, 11) is 4.14. The summed E-state index contributed by atoms with van der Waals surface area (Å²) in [5, 5.41) is 4.02. The van der Waals surface area contributed by atoms with Gasteiger partial charge in [-0.05, 0) is 44.5 Å². The van der Waals surface area contributed by atoms with Gasteiger partial charge in [-0.25, -0.2) is 0 Å². The molecule has 0 spiro atoms. The minimum Gasteiger partial charge on any atom is -0.360 e. The summed E-state index contributed by atoms with van der Waals surface area (Å²) in [5.74, 6) is 0.961. The Bertz CT molecular complexity index is 734. The van der Waals surface area contributed by atoms with Gasteiger partial charge in [0.15, 0.2) is 5.69 Å². The van der Waals surface area contributed by atoms with Crippen molar-refractivity contribution in [1.82, 2.24) is 15.0 Å². The van der Waals surface area contributed by atoms with Crippen LogP contribution >= 0.6 is 0 Å². The summed E-state index contributed by atoms with van der Waals surface area (Å²) in [5.41, 5.74) is 2.91. The number of piperidine rings is 1. The first kappa shape index (κ1) is 18.6. The maximum Gasteiger partial charge on any atom is 0.276 e. The smallest absolute Gasteiger partial charge is 0.276 e. The van der Waals surface area contributed by atoms with Crippen LogP contribution < -0.4 is 0 Å². The molecule has 0 saturated carbocycles. The molecule has 0 radical (unpaired) electrons. The molecular formula is C21H29N3O2. The molecule has 1 aliphatic rings. The first-order valence-electron chi connectivity index (χ1n) is 9.47. The molecule has 26 heavy (non-hydrogen) atoms. The van der Waals surface area contributed by atoms with E-state index in [1.165, 1.54) is 11.1 Å². The van der Waals surface area contributed by atoms with Crippen LogP contribution in [0.5, 0.6) is 0 Å². The van der Waals surface area contributed by atoms with Gasteiger partial charge in [0.25, 0.3) is 5.91 Å². The van der Waals surface area contributed by atoms with Crippen LogP contribution in [0.4, 0.5) is 0 Å². The fourth-order valence-corrected chi connectivity index (χ4v) is 3.54. The number of hydrogen-bond donors (Lipinski definition) is 0. The molecule has 0 aliphatic carbocycles. The molecule has 0 bridgehead atoms. The van der Waals surface area contributed by atoms with Crippen LogP contribution in [-0.2, 0) is 6.54 Å². The van der Waals surface area contributed by atoms with E-state index in [1.807, 2.05) is 18.7 Å². The summed E-state index contributed by atoms with van der Waals surface area (Å²) < 4.78 is 5.33. The molecule has 5 nitrogen and oxygen atoms in total. The number of benzene rings is 1. The molecular weight excluding hydrogens is 326 g/mol. The summed E-state index contributed by atoms with van der Waals surface area (Å²) in [6.07, 6.45) is 3.17. The van der Waals surface area contributed by atoms with Crippen LogP contribution in [0.3, 0.4) is 0 Å². The van der Waals surface area contributed by atoms with Gasteiger partial charge in [0.2, 0.25) is 0 Å². The van der Waals surface area contributed by atoms with Gasteiger partial charge in [0.05, 0.1) is 6.04 Å². The molecule has 140 valence electrons. The van der Waals surface area contributed by atoms with Crippen LogP contribution in [0, 0.1) is 0 Å². The second-order valence-electron chi connectivity index (χ2n) is 7.76. The second-order valence-corrected chi connectivity index (χ2v) is 7.76. The Hall–Kier alpha value is -2.14. The largest absolute Gasteiger partial charge is 0.360 e. The monoisotopic (exact) mass is 355 g/mol. The number of amides is 1. The van der Waals surface area contributed by atoms with Crippen molar-refractivity contribution in [3.63, 3.8) is 0 Å². The van der Waals surface area contributed by atoms with Crippen molar-refractivity contribution in [3.05, 3.63) is 52.9 Å². The third-order valence-electron chi connectivity index (χ3n) is 4.94. The van der Waals surface area contributed by atoms with Gasteiger partial charge in [0, 0.05) is 25.1 Å². The maximum atomic E-state index is 13.0. The van der Waals surface area contributed by atoms with Crippen molar-refractivity contribution < 1.29 is 9.32 Å². The lowest BCUT2D eigenvalue weighted by Gasteiger charge is -2.35. The Labute approximate surface area is 156 Å².